The minimum absolute atomic E-state index is 0.0569. The van der Waals surface area contributed by atoms with E-state index in [9.17, 15) is 27.6 Å². The number of carbonyl (C=O) groups excluding carboxylic acids is 2. The second-order valence-corrected chi connectivity index (χ2v) is 21.6. The number of hydrogen-bond donors (Lipinski definition) is 3. The molecular weight excluding hydrogens is 814 g/mol. The SMILES string of the molecule is CC(C)C(NC(=O)Cn1c(-c2ccccc2)ccc(NC(=O)Nc2nnnn2C(c2ccccc2)(c2ccccc2)c2ccccc2)c1=O)C(O[Si](C)(C)C(C)(C)C)C(F)(F)F. The zero-order valence-corrected chi connectivity index (χ0v) is 36.6. The second-order valence-electron chi connectivity index (χ2n) is 16.9. The fourth-order valence-corrected chi connectivity index (χ4v) is 8.42. The zero-order valence-electron chi connectivity index (χ0n) is 35.6. The Morgan fingerprint density at radius 3 is 1.71 bits per heavy atom. The molecular formula is C46H51F3N8O4Si. The molecule has 0 saturated carbocycles. The molecule has 0 saturated heterocycles. The number of tetrazole rings is 1. The molecule has 6 aromatic rings. The van der Waals surface area contributed by atoms with Crippen molar-refractivity contribution in [1.82, 2.24) is 30.1 Å². The molecule has 0 aliphatic carbocycles. The number of carbonyl (C=O) groups is 2. The van der Waals surface area contributed by atoms with E-state index >= 15 is 0 Å². The van der Waals surface area contributed by atoms with Gasteiger partial charge in [-0.1, -0.05) is 161 Å². The molecule has 0 aliphatic heterocycles. The summed E-state index contributed by atoms with van der Waals surface area (Å²) in [6, 6.07) is 38.0. The van der Waals surface area contributed by atoms with Gasteiger partial charge in [-0.25, -0.2) is 4.79 Å². The summed E-state index contributed by atoms with van der Waals surface area (Å²) in [5, 5.41) is 19.9. The van der Waals surface area contributed by atoms with E-state index in [0.717, 1.165) is 21.3 Å². The Kier molecular flexibility index (Phi) is 13.3. The molecule has 0 fully saturated rings. The number of benzene rings is 4. The molecule has 3 N–H and O–H groups in total. The van der Waals surface area contributed by atoms with Gasteiger partial charge in [-0.3, -0.25) is 19.5 Å². The summed E-state index contributed by atoms with van der Waals surface area (Å²) >= 11 is 0. The van der Waals surface area contributed by atoms with Crippen LogP contribution in [0.3, 0.4) is 0 Å². The van der Waals surface area contributed by atoms with Crippen LogP contribution in [0.4, 0.5) is 29.6 Å². The first-order valence-electron chi connectivity index (χ1n) is 20.2. The highest BCUT2D eigenvalue weighted by Crippen LogP contribution is 2.42. The number of nitrogens with zero attached hydrogens (tertiary/aromatic N) is 5. The molecule has 12 nitrogen and oxygen atoms in total. The van der Waals surface area contributed by atoms with Crippen molar-refractivity contribution in [3.05, 3.63) is 161 Å². The van der Waals surface area contributed by atoms with E-state index in [1.807, 2.05) is 112 Å². The van der Waals surface area contributed by atoms with E-state index in [4.69, 9.17) is 4.43 Å². The van der Waals surface area contributed by atoms with Gasteiger partial charge in [0.25, 0.3) is 11.5 Å². The van der Waals surface area contributed by atoms with Crippen LogP contribution in [0, 0.1) is 5.92 Å². The van der Waals surface area contributed by atoms with Crippen LogP contribution in [0.5, 0.6) is 0 Å². The lowest BCUT2D eigenvalue weighted by Gasteiger charge is -2.42. The normalized spacial score (nSPS) is 13.3. The minimum Gasteiger partial charge on any atom is -0.404 e. The number of rotatable bonds is 14. The predicted molar refractivity (Wildman–Crippen MR) is 236 cm³/mol. The Morgan fingerprint density at radius 1 is 0.742 bits per heavy atom. The summed E-state index contributed by atoms with van der Waals surface area (Å²) in [7, 11) is -2.97. The number of nitrogens with one attached hydrogen (secondary N) is 3. The third kappa shape index (κ3) is 9.55. The molecule has 62 heavy (non-hydrogen) atoms. The maximum atomic E-state index is 14.8. The van der Waals surface area contributed by atoms with Gasteiger partial charge in [0.2, 0.25) is 5.91 Å². The van der Waals surface area contributed by atoms with Crippen molar-refractivity contribution in [2.24, 2.45) is 5.92 Å². The van der Waals surface area contributed by atoms with Crippen LogP contribution < -0.4 is 21.5 Å². The Morgan fingerprint density at radius 2 is 1.24 bits per heavy atom. The van der Waals surface area contributed by atoms with Crippen LogP contribution in [-0.2, 0) is 21.3 Å². The Balaban J connectivity index is 1.34. The van der Waals surface area contributed by atoms with Gasteiger partial charge in [-0.05, 0) is 68.9 Å². The molecule has 2 atom stereocenters. The van der Waals surface area contributed by atoms with Crippen molar-refractivity contribution in [3.63, 3.8) is 0 Å². The highest BCUT2D eigenvalue weighted by molar-refractivity contribution is 6.74. The summed E-state index contributed by atoms with van der Waals surface area (Å²) in [5.74, 6) is -1.60. The lowest BCUT2D eigenvalue weighted by atomic mass is 9.77. The number of aromatic nitrogens is 5. The average molecular weight is 865 g/mol. The van der Waals surface area contributed by atoms with Crippen LogP contribution in [-0.4, -0.2) is 63.4 Å². The van der Waals surface area contributed by atoms with Crippen molar-refractivity contribution in [2.75, 3.05) is 10.6 Å². The Bertz CT molecular complexity index is 2410. The molecule has 6 rings (SSSR count). The van der Waals surface area contributed by atoms with Crippen molar-refractivity contribution in [2.45, 2.75) is 83.2 Å². The van der Waals surface area contributed by atoms with Crippen LogP contribution >= 0.6 is 0 Å². The fraction of sp³-hybridized carbons (Fsp3) is 0.304. The topological polar surface area (TPSA) is 145 Å². The van der Waals surface area contributed by atoms with Gasteiger partial charge in [0.15, 0.2) is 14.4 Å². The molecule has 3 amide bonds. The Labute approximate surface area is 359 Å². The van der Waals surface area contributed by atoms with Crippen molar-refractivity contribution in [3.8, 4) is 11.3 Å². The number of pyridine rings is 1. The van der Waals surface area contributed by atoms with E-state index in [0.29, 0.717) is 11.3 Å². The summed E-state index contributed by atoms with van der Waals surface area (Å²) in [6.45, 7) is 11.4. The van der Waals surface area contributed by atoms with Gasteiger partial charge in [0, 0.05) is 0 Å². The van der Waals surface area contributed by atoms with Crippen molar-refractivity contribution < 1.29 is 27.2 Å². The molecule has 324 valence electrons. The number of amides is 3. The van der Waals surface area contributed by atoms with E-state index in [1.165, 1.54) is 10.7 Å². The standard InChI is InChI=1S/C46H51F3N8O4Si/c1-31(2)39(40(46(47,48)49)61-62(6,7)44(3,4)5)51-38(58)30-56-37(32-20-12-8-13-21-32)29-28-36(41(56)59)50-43(60)52-42-53-54-55-57(42)45(33-22-14-9-15-23-33,34-24-16-10-17-25-34)35-26-18-11-19-27-35/h8-29,31,39-40H,30H2,1-7H3,(H,51,58)(H2,50,52,53,55,60). The first kappa shape index (κ1) is 45.1. The molecule has 2 heterocycles. The third-order valence-electron chi connectivity index (χ3n) is 11.3. The lowest BCUT2D eigenvalue weighted by Crippen LogP contribution is -2.59. The molecule has 2 unspecified atom stereocenters. The molecule has 0 aliphatic rings. The highest BCUT2D eigenvalue weighted by atomic mass is 28.4. The number of alkyl halides is 3. The van der Waals surface area contributed by atoms with Gasteiger partial charge >= 0.3 is 12.2 Å². The van der Waals surface area contributed by atoms with E-state index in [2.05, 4.69) is 31.5 Å². The monoisotopic (exact) mass is 864 g/mol. The quantitative estimate of drug-likeness (QED) is 0.0732. The van der Waals surface area contributed by atoms with E-state index in [-0.39, 0.29) is 11.6 Å². The molecule has 0 spiro atoms. The molecule has 4 aromatic carbocycles. The molecule has 0 bridgehead atoms. The fourth-order valence-electron chi connectivity index (χ4n) is 7.15. The maximum Gasteiger partial charge on any atom is 0.415 e. The van der Waals surface area contributed by atoms with E-state index < -0.39 is 67.2 Å². The van der Waals surface area contributed by atoms with Gasteiger partial charge in [-0.15, -0.1) is 0 Å². The van der Waals surface area contributed by atoms with E-state index in [1.54, 1.807) is 63.3 Å². The van der Waals surface area contributed by atoms with Gasteiger partial charge in [-0.2, -0.15) is 17.9 Å². The van der Waals surface area contributed by atoms with Crippen molar-refractivity contribution in [1.29, 1.82) is 0 Å². The first-order chi connectivity index (χ1) is 29.3. The third-order valence-corrected chi connectivity index (χ3v) is 15.8. The van der Waals surface area contributed by atoms with Crippen LogP contribution in [0.2, 0.25) is 18.1 Å². The van der Waals surface area contributed by atoms with Crippen LogP contribution in [0.1, 0.15) is 51.3 Å². The molecule has 16 heteroatoms. The number of halogens is 3. The average Bonchev–Trinajstić information content (AvgIpc) is 3.69. The smallest absolute Gasteiger partial charge is 0.404 e. The lowest BCUT2D eigenvalue weighted by molar-refractivity contribution is -0.210. The van der Waals surface area contributed by atoms with Gasteiger partial charge < -0.3 is 15.1 Å². The number of anilines is 2. The van der Waals surface area contributed by atoms with Crippen LogP contribution in [0.25, 0.3) is 11.3 Å². The molecule has 2 aromatic heterocycles. The predicted octanol–water partition coefficient (Wildman–Crippen LogP) is 9.08. The largest absolute Gasteiger partial charge is 0.415 e. The molecule has 0 radical (unpaired) electrons. The summed E-state index contributed by atoms with van der Waals surface area (Å²) in [5.41, 5.74) is 1.04. The number of hydrogen-bond acceptors (Lipinski definition) is 7. The number of urea groups is 1. The van der Waals surface area contributed by atoms with Gasteiger partial charge in [0.05, 0.1) is 11.7 Å². The summed E-state index contributed by atoms with van der Waals surface area (Å²) < 4.78 is 52.8. The van der Waals surface area contributed by atoms with Gasteiger partial charge in [0.1, 0.15) is 17.8 Å². The first-order valence-corrected chi connectivity index (χ1v) is 23.1. The zero-order chi connectivity index (χ0) is 44.9. The Hall–Kier alpha value is -6.39. The summed E-state index contributed by atoms with van der Waals surface area (Å²) in [4.78, 5) is 42.1. The highest BCUT2D eigenvalue weighted by Gasteiger charge is 2.52. The summed E-state index contributed by atoms with van der Waals surface area (Å²) in [6.07, 6.45) is -7.10. The van der Waals surface area contributed by atoms with Crippen molar-refractivity contribution >= 4 is 31.9 Å². The second kappa shape index (κ2) is 18.3. The minimum atomic E-state index is -4.80. The maximum absolute atomic E-state index is 14.8. The van der Waals surface area contributed by atoms with Crippen LogP contribution in [0.15, 0.2) is 138 Å².